The van der Waals surface area contributed by atoms with Crippen LogP contribution in [0.1, 0.15) is 16.7 Å². The summed E-state index contributed by atoms with van der Waals surface area (Å²) in [6.45, 7) is 3.79. The first-order valence-electron chi connectivity index (χ1n) is 6.76. The fraction of sp³-hybridized carbons (Fsp3) is 0.111. The molecule has 0 radical (unpaired) electrons. The van der Waals surface area contributed by atoms with Crippen molar-refractivity contribution in [3.05, 3.63) is 69.8 Å². The standard InChI is InChI=1S/C18H15ClN2O/c1-12-8-13(2)17(16(19)9-12)21-18(22)15(11-20)10-14-6-4-3-5-7-14/h3-10H,1-2H3,(H,21,22)/b15-10+. The predicted octanol–water partition coefficient (Wildman–Crippen LogP) is 4.50. The summed E-state index contributed by atoms with van der Waals surface area (Å²) < 4.78 is 0. The molecule has 0 aliphatic rings. The number of nitriles is 1. The van der Waals surface area contributed by atoms with Crippen LogP contribution in [0.4, 0.5) is 5.69 Å². The van der Waals surface area contributed by atoms with Crippen molar-refractivity contribution in [3.8, 4) is 6.07 Å². The Labute approximate surface area is 134 Å². The second kappa shape index (κ2) is 6.93. The highest BCUT2D eigenvalue weighted by Gasteiger charge is 2.13. The van der Waals surface area contributed by atoms with Crippen LogP contribution >= 0.6 is 11.6 Å². The summed E-state index contributed by atoms with van der Waals surface area (Å²) in [5.41, 5.74) is 3.23. The van der Waals surface area contributed by atoms with Crippen molar-refractivity contribution in [2.24, 2.45) is 0 Å². The summed E-state index contributed by atoms with van der Waals surface area (Å²) in [6, 6.07) is 14.9. The number of hydrogen-bond acceptors (Lipinski definition) is 2. The lowest BCUT2D eigenvalue weighted by atomic mass is 10.1. The molecular formula is C18H15ClN2O. The summed E-state index contributed by atoms with van der Waals surface area (Å²) in [5.74, 6) is -0.472. The van der Waals surface area contributed by atoms with Crippen LogP contribution in [-0.4, -0.2) is 5.91 Å². The van der Waals surface area contributed by atoms with Crippen LogP contribution in [-0.2, 0) is 4.79 Å². The average Bonchev–Trinajstić information content (AvgIpc) is 2.49. The summed E-state index contributed by atoms with van der Waals surface area (Å²) in [5, 5.41) is 12.4. The van der Waals surface area contributed by atoms with E-state index in [2.05, 4.69) is 5.32 Å². The molecule has 0 aliphatic heterocycles. The monoisotopic (exact) mass is 310 g/mol. The molecule has 4 heteroatoms. The van der Waals surface area contributed by atoms with E-state index in [0.29, 0.717) is 10.7 Å². The van der Waals surface area contributed by atoms with Gasteiger partial charge >= 0.3 is 0 Å². The van der Waals surface area contributed by atoms with Gasteiger partial charge < -0.3 is 5.32 Å². The van der Waals surface area contributed by atoms with Gasteiger partial charge in [0.2, 0.25) is 0 Å². The van der Waals surface area contributed by atoms with Gasteiger partial charge in [0.15, 0.2) is 0 Å². The van der Waals surface area contributed by atoms with E-state index in [9.17, 15) is 10.1 Å². The Hall–Kier alpha value is -2.57. The summed E-state index contributed by atoms with van der Waals surface area (Å²) >= 11 is 6.17. The van der Waals surface area contributed by atoms with Gasteiger partial charge in [-0.25, -0.2) is 0 Å². The number of aryl methyl sites for hydroxylation is 2. The van der Waals surface area contributed by atoms with E-state index >= 15 is 0 Å². The SMILES string of the molecule is Cc1cc(C)c(NC(=O)/C(C#N)=C/c2ccccc2)c(Cl)c1. The Morgan fingerprint density at radius 1 is 1.23 bits per heavy atom. The zero-order valence-corrected chi connectivity index (χ0v) is 13.1. The molecule has 22 heavy (non-hydrogen) atoms. The minimum absolute atomic E-state index is 0.0299. The van der Waals surface area contributed by atoms with Crippen LogP contribution in [0, 0.1) is 25.2 Å². The van der Waals surface area contributed by atoms with Crippen LogP contribution in [0.25, 0.3) is 6.08 Å². The highest BCUT2D eigenvalue weighted by molar-refractivity contribution is 6.34. The van der Waals surface area contributed by atoms with Gasteiger partial charge in [0.25, 0.3) is 5.91 Å². The molecule has 0 aliphatic carbocycles. The summed E-state index contributed by atoms with van der Waals surface area (Å²) in [7, 11) is 0. The van der Waals surface area contributed by atoms with Crippen LogP contribution < -0.4 is 5.32 Å². The number of carbonyl (C=O) groups excluding carboxylic acids is 1. The van der Waals surface area contributed by atoms with E-state index in [4.69, 9.17) is 11.6 Å². The molecule has 2 aromatic carbocycles. The fourth-order valence-corrected chi connectivity index (χ4v) is 2.49. The van der Waals surface area contributed by atoms with Crippen LogP contribution in [0.5, 0.6) is 0 Å². The molecule has 1 amide bonds. The molecule has 110 valence electrons. The van der Waals surface area contributed by atoms with Gasteiger partial charge in [-0.3, -0.25) is 4.79 Å². The molecule has 0 heterocycles. The summed E-state index contributed by atoms with van der Waals surface area (Å²) in [6.07, 6.45) is 1.55. The lowest BCUT2D eigenvalue weighted by molar-refractivity contribution is -0.112. The first kappa shape index (κ1) is 15.8. The zero-order chi connectivity index (χ0) is 16.1. The number of benzene rings is 2. The second-order valence-corrected chi connectivity index (χ2v) is 5.38. The maximum Gasteiger partial charge on any atom is 0.266 e. The van der Waals surface area contributed by atoms with Gasteiger partial charge in [-0.05, 0) is 42.7 Å². The van der Waals surface area contributed by atoms with Gasteiger partial charge in [-0.2, -0.15) is 5.26 Å². The third-order valence-electron chi connectivity index (χ3n) is 3.15. The molecule has 2 aromatic rings. The smallest absolute Gasteiger partial charge is 0.266 e. The van der Waals surface area contributed by atoms with Gasteiger partial charge in [0.1, 0.15) is 11.6 Å². The van der Waals surface area contributed by atoms with E-state index in [-0.39, 0.29) is 5.57 Å². The van der Waals surface area contributed by atoms with E-state index < -0.39 is 5.91 Å². The molecule has 0 bridgehead atoms. The molecule has 3 nitrogen and oxygen atoms in total. The third-order valence-corrected chi connectivity index (χ3v) is 3.44. The first-order valence-corrected chi connectivity index (χ1v) is 7.14. The zero-order valence-electron chi connectivity index (χ0n) is 12.4. The molecule has 0 spiro atoms. The Kier molecular flexibility index (Phi) is 4.98. The third kappa shape index (κ3) is 3.75. The molecule has 0 aromatic heterocycles. The topological polar surface area (TPSA) is 52.9 Å². The van der Waals surface area contributed by atoms with Gasteiger partial charge in [-0.15, -0.1) is 0 Å². The molecule has 0 saturated heterocycles. The number of hydrogen-bond donors (Lipinski definition) is 1. The van der Waals surface area contributed by atoms with E-state index in [1.54, 1.807) is 12.1 Å². The van der Waals surface area contributed by atoms with E-state index in [1.165, 1.54) is 0 Å². The molecule has 0 atom stereocenters. The van der Waals surface area contributed by atoms with Crippen LogP contribution in [0.3, 0.4) is 0 Å². The van der Waals surface area contributed by atoms with Crippen molar-refractivity contribution >= 4 is 29.3 Å². The maximum absolute atomic E-state index is 12.3. The van der Waals surface area contributed by atoms with Crippen molar-refractivity contribution < 1.29 is 4.79 Å². The van der Waals surface area contributed by atoms with Crippen molar-refractivity contribution in [1.82, 2.24) is 0 Å². The minimum Gasteiger partial charge on any atom is -0.320 e. The van der Waals surface area contributed by atoms with Gasteiger partial charge in [0.05, 0.1) is 10.7 Å². The van der Waals surface area contributed by atoms with Gasteiger partial charge in [-0.1, -0.05) is 48.0 Å². The molecule has 1 N–H and O–H groups in total. The highest BCUT2D eigenvalue weighted by Crippen LogP contribution is 2.27. The van der Waals surface area contributed by atoms with Crippen molar-refractivity contribution in [1.29, 1.82) is 5.26 Å². The molecule has 0 fully saturated rings. The first-order chi connectivity index (χ1) is 10.5. The lowest BCUT2D eigenvalue weighted by Gasteiger charge is -2.11. The predicted molar refractivity (Wildman–Crippen MR) is 89.6 cm³/mol. The van der Waals surface area contributed by atoms with Crippen molar-refractivity contribution in [2.45, 2.75) is 13.8 Å². The largest absolute Gasteiger partial charge is 0.320 e. The van der Waals surface area contributed by atoms with Crippen LogP contribution in [0.2, 0.25) is 5.02 Å². The highest BCUT2D eigenvalue weighted by atomic mass is 35.5. The lowest BCUT2D eigenvalue weighted by Crippen LogP contribution is -2.14. The maximum atomic E-state index is 12.3. The molecule has 0 unspecified atom stereocenters. The molecule has 0 saturated carbocycles. The Morgan fingerprint density at radius 2 is 1.91 bits per heavy atom. The average molecular weight is 311 g/mol. The van der Waals surface area contributed by atoms with E-state index in [0.717, 1.165) is 16.7 Å². The normalized spacial score (nSPS) is 10.9. The number of halogens is 1. The Morgan fingerprint density at radius 3 is 2.50 bits per heavy atom. The fourth-order valence-electron chi connectivity index (χ4n) is 2.12. The number of anilines is 1. The Bertz CT molecular complexity index is 750. The second-order valence-electron chi connectivity index (χ2n) is 4.97. The van der Waals surface area contributed by atoms with Gasteiger partial charge in [0, 0.05) is 0 Å². The van der Waals surface area contributed by atoms with E-state index in [1.807, 2.05) is 56.3 Å². The summed E-state index contributed by atoms with van der Waals surface area (Å²) in [4.78, 5) is 12.3. The van der Waals surface area contributed by atoms with Crippen molar-refractivity contribution in [2.75, 3.05) is 5.32 Å². The molecule has 2 rings (SSSR count). The van der Waals surface area contributed by atoms with Crippen LogP contribution in [0.15, 0.2) is 48.0 Å². The number of carbonyl (C=O) groups is 1. The number of amides is 1. The number of rotatable bonds is 3. The number of nitrogens with zero attached hydrogens (tertiary/aromatic N) is 1. The minimum atomic E-state index is -0.472. The van der Waals surface area contributed by atoms with Crippen molar-refractivity contribution in [3.63, 3.8) is 0 Å². The quantitative estimate of drug-likeness (QED) is 0.670. The Balaban J connectivity index is 2.28. The number of nitrogens with one attached hydrogen (secondary N) is 1. The molecular weight excluding hydrogens is 296 g/mol.